The summed E-state index contributed by atoms with van der Waals surface area (Å²) < 4.78 is 5.13. The highest BCUT2D eigenvalue weighted by atomic mass is 32.2. The van der Waals surface area contributed by atoms with E-state index in [2.05, 4.69) is 5.32 Å². The number of methoxy groups -OCH3 is 1. The molecule has 1 aromatic carbocycles. The summed E-state index contributed by atoms with van der Waals surface area (Å²) in [5.74, 6) is 1.71. The van der Waals surface area contributed by atoms with Crippen LogP contribution in [0.15, 0.2) is 24.3 Å². The molecule has 1 fully saturated rings. The number of carbonyl (C=O) groups is 2. The Bertz CT molecular complexity index is 586. The zero-order chi connectivity index (χ0) is 18.9. The number of amides is 2. The Morgan fingerprint density at radius 2 is 1.96 bits per heavy atom. The molecule has 0 radical (unpaired) electrons. The SMILES string of the molecule is COc1ccc(CNC(=O)C2CCN(C(=O)[C@@H](N)CCSC)CC2)cc1. The molecule has 0 aliphatic carbocycles. The van der Waals surface area contributed by atoms with Crippen molar-refractivity contribution in [2.45, 2.75) is 31.8 Å². The molecule has 0 saturated carbocycles. The van der Waals surface area contributed by atoms with Crippen molar-refractivity contribution in [1.29, 1.82) is 0 Å². The van der Waals surface area contributed by atoms with Gasteiger partial charge in [0.2, 0.25) is 11.8 Å². The average Bonchev–Trinajstić information content (AvgIpc) is 2.70. The summed E-state index contributed by atoms with van der Waals surface area (Å²) in [6.45, 7) is 1.71. The van der Waals surface area contributed by atoms with Crippen LogP contribution in [-0.4, -0.2) is 55.0 Å². The summed E-state index contributed by atoms with van der Waals surface area (Å²) in [7, 11) is 1.63. The Labute approximate surface area is 159 Å². The Balaban J connectivity index is 1.74. The van der Waals surface area contributed by atoms with E-state index in [1.165, 1.54) is 0 Å². The number of ether oxygens (including phenoxy) is 1. The fraction of sp³-hybridized carbons (Fsp3) is 0.579. The molecule has 7 heteroatoms. The second kappa shape index (κ2) is 10.4. The molecular weight excluding hydrogens is 350 g/mol. The number of hydrogen-bond acceptors (Lipinski definition) is 5. The lowest BCUT2D eigenvalue weighted by atomic mass is 9.95. The Hall–Kier alpha value is -1.73. The van der Waals surface area contributed by atoms with E-state index in [0.717, 1.165) is 17.1 Å². The van der Waals surface area contributed by atoms with Gasteiger partial charge in [-0.3, -0.25) is 9.59 Å². The molecular formula is C19H29N3O3S. The van der Waals surface area contributed by atoms with Crippen LogP contribution in [0.2, 0.25) is 0 Å². The summed E-state index contributed by atoms with van der Waals surface area (Å²) >= 11 is 1.69. The molecule has 1 atom stereocenters. The van der Waals surface area contributed by atoms with Gasteiger partial charge in [0, 0.05) is 25.6 Å². The summed E-state index contributed by atoms with van der Waals surface area (Å²) in [4.78, 5) is 26.5. The van der Waals surface area contributed by atoms with Crippen LogP contribution >= 0.6 is 11.8 Å². The van der Waals surface area contributed by atoms with Crippen molar-refractivity contribution in [3.05, 3.63) is 29.8 Å². The van der Waals surface area contributed by atoms with Crippen LogP contribution in [0.25, 0.3) is 0 Å². The van der Waals surface area contributed by atoms with E-state index >= 15 is 0 Å². The summed E-state index contributed by atoms with van der Waals surface area (Å²) in [5.41, 5.74) is 7.00. The molecule has 0 spiro atoms. The average molecular weight is 380 g/mol. The zero-order valence-electron chi connectivity index (χ0n) is 15.6. The molecule has 1 aliphatic rings. The van der Waals surface area contributed by atoms with Crippen molar-refractivity contribution >= 4 is 23.6 Å². The van der Waals surface area contributed by atoms with Gasteiger partial charge in [0.25, 0.3) is 0 Å². The highest BCUT2D eigenvalue weighted by molar-refractivity contribution is 7.98. The fourth-order valence-corrected chi connectivity index (χ4v) is 3.53. The maximum atomic E-state index is 12.4. The lowest BCUT2D eigenvalue weighted by molar-refractivity contribution is -0.136. The van der Waals surface area contributed by atoms with E-state index in [0.29, 0.717) is 38.9 Å². The van der Waals surface area contributed by atoms with Crippen molar-refractivity contribution < 1.29 is 14.3 Å². The van der Waals surface area contributed by atoms with Gasteiger partial charge in [-0.1, -0.05) is 12.1 Å². The molecule has 0 unspecified atom stereocenters. The Kier molecular flexibility index (Phi) is 8.25. The lowest BCUT2D eigenvalue weighted by Gasteiger charge is -2.33. The molecule has 1 saturated heterocycles. The number of carbonyl (C=O) groups excluding carboxylic acids is 2. The van der Waals surface area contributed by atoms with Crippen molar-refractivity contribution in [1.82, 2.24) is 10.2 Å². The second-order valence-electron chi connectivity index (χ2n) is 6.55. The van der Waals surface area contributed by atoms with Crippen LogP contribution in [0.3, 0.4) is 0 Å². The number of likely N-dealkylation sites (tertiary alicyclic amines) is 1. The first-order valence-electron chi connectivity index (χ1n) is 8.99. The molecule has 2 rings (SSSR count). The van der Waals surface area contributed by atoms with Crippen LogP contribution in [0, 0.1) is 5.92 Å². The van der Waals surface area contributed by atoms with Crippen LogP contribution in [-0.2, 0) is 16.1 Å². The molecule has 2 amide bonds. The molecule has 144 valence electrons. The number of nitrogens with one attached hydrogen (secondary N) is 1. The third-order valence-electron chi connectivity index (χ3n) is 4.75. The van der Waals surface area contributed by atoms with E-state index < -0.39 is 6.04 Å². The molecule has 1 aliphatic heterocycles. The van der Waals surface area contributed by atoms with Crippen LogP contribution in [0.1, 0.15) is 24.8 Å². The van der Waals surface area contributed by atoms with Crippen molar-refractivity contribution in [3.8, 4) is 5.75 Å². The number of thioether (sulfide) groups is 1. The number of piperidine rings is 1. The smallest absolute Gasteiger partial charge is 0.239 e. The van der Waals surface area contributed by atoms with E-state index in [1.807, 2.05) is 30.5 Å². The van der Waals surface area contributed by atoms with Gasteiger partial charge in [0.1, 0.15) is 5.75 Å². The molecule has 3 N–H and O–H groups in total. The third-order valence-corrected chi connectivity index (χ3v) is 5.40. The van der Waals surface area contributed by atoms with Gasteiger partial charge < -0.3 is 20.7 Å². The molecule has 1 heterocycles. The van der Waals surface area contributed by atoms with Gasteiger partial charge in [-0.15, -0.1) is 0 Å². The predicted octanol–water partition coefficient (Wildman–Crippen LogP) is 1.63. The standard InChI is InChI=1S/C19H29N3O3S/c1-25-16-5-3-14(4-6-16)13-21-18(23)15-7-10-22(11-8-15)19(24)17(20)9-12-26-2/h3-6,15,17H,7-13,20H2,1-2H3,(H,21,23)/t17-/m0/s1. The van der Waals surface area contributed by atoms with Crippen molar-refractivity contribution in [3.63, 3.8) is 0 Å². The molecule has 0 aromatic heterocycles. The quantitative estimate of drug-likeness (QED) is 0.717. The first-order valence-corrected chi connectivity index (χ1v) is 10.4. The van der Waals surface area contributed by atoms with E-state index in [1.54, 1.807) is 23.8 Å². The third kappa shape index (κ3) is 5.92. The second-order valence-corrected chi connectivity index (χ2v) is 7.54. The largest absolute Gasteiger partial charge is 0.497 e. The van der Waals surface area contributed by atoms with E-state index in [4.69, 9.17) is 10.5 Å². The van der Waals surface area contributed by atoms with Gasteiger partial charge in [0.05, 0.1) is 13.2 Å². The number of nitrogens with zero attached hydrogens (tertiary/aromatic N) is 1. The monoisotopic (exact) mass is 379 g/mol. The van der Waals surface area contributed by atoms with Gasteiger partial charge in [0.15, 0.2) is 0 Å². The Morgan fingerprint density at radius 1 is 1.31 bits per heavy atom. The number of rotatable bonds is 8. The number of hydrogen-bond donors (Lipinski definition) is 2. The summed E-state index contributed by atoms with van der Waals surface area (Å²) in [5, 5.41) is 2.99. The van der Waals surface area contributed by atoms with Crippen LogP contribution in [0.4, 0.5) is 0 Å². The minimum Gasteiger partial charge on any atom is -0.497 e. The molecule has 26 heavy (non-hydrogen) atoms. The first-order chi connectivity index (χ1) is 12.5. The van der Waals surface area contributed by atoms with Crippen molar-refractivity contribution in [2.75, 3.05) is 32.2 Å². The Morgan fingerprint density at radius 3 is 2.54 bits per heavy atom. The molecule has 1 aromatic rings. The molecule has 0 bridgehead atoms. The van der Waals surface area contributed by atoms with Gasteiger partial charge in [-0.05, 0) is 49.0 Å². The lowest BCUT2D eigenvalue weighted by Crippen LogP contribution is -2.49. The van der Waals surface area contributed by atoms with Crippen LogP contribution in [0.5, 0.6) is 5.75 Å². The highest BCUT2D eigenvalue weighted by Gasteiger charge is 2.29. The van der Waals surface area contributed by atoms with Crippen LogP contribution < -0.4 is 15.8 Å². The first kappa shape index (κ1) is 20.6. The van der Waals surface area contributed by atoms with Crippen molar-refractivity contribution in [2.24, 2.45) is 11.7 Å². The molecule has 6 nitrogen and oxygen atoms in total. The van der Waals surface area contributed by atoms with E-state index in [-0.39, 0.29) is 17.7 Å². The summed E-state index contributed by atoms with van der Waals surface area (Å²) in [6, 6.07) is 7.22. The topological polar surface area (TPSA) is 84.7 Å². The predicted molar refractivity (Wildman–Crippen MR) is 105 cm³/mol. The van der Waals surface area contributed by atoms with Gasteiger partial charge in [-0.25, -0.2) is 0 Å². The van der Waals surface area contributed by atoms with Gasteiger partial charge in [-0.2, -0.15) is 11.8 Å². The highest BCUT2D eigenvalue weighted by Crippen LogP contribution is 2.19. The number of benzene rings is 1. The van der Waals surface area contributed by atoms with E-state index in [9.17, 15) is 9.59 Å². The minimum absolute atomic E-state index is 0.0103. The fourth-order valence-electron chi connectivity index (χ4n) is 3.04. The normalized spacial score (nSPS) is 16.2. The summed E-state index contributed by atoms with van der Waals surface area (Å²) in [6.07, 6.45) is 4.08. The minimum atomic E-state index is -0.428. The number of nitrogens with two attached hydrogens (primary N) is 1. The maximum Gasteiger partial charge on any atom is 0.239 e. The zero-order valence-corrected chi connectivity index (χ0v) is 16.4. The maximum absolute atomic E-state index is 12.4. The van der Waals surface area contributed by atoms with Gasteiger partial charge >= 0.3 is 0 Å².